The Morgan fingerprint density at radius 1 is 1.16 bits per heavy atom. The van der Waals surface area contributed by atoms with Crippen LogP contribution in [-0.2, 0) is 9.59 Å². The lowest BCUT2D eigenvalue weighted by Gasteiger charge is -2.22. The average Bonchev–Trinajstić information content (AvgIpc) is 2.64. The van der Waals surface area contributed by atoms with Gasteiger partial charge in [-0.1, -0.05) is 13.0 Å². The predicted octanol–water partition coefficient (Wildman–Crippen LogP) is 2.82. The first-order chi connectivity index (χ1) is 12.0. The van der Waals surface area contributed by atoms with Gasteiger partial charge < -0.3 is 14.2 Å². The van der Waals surface area contributed by atoms with Gasteiger partial charge >= 0.3 is 0 Å². The van der Waals surface area contributed by atoms with Crippen molar-refractivity contribution in [2.45, 2.75) is 19.8 Å². The summed E-state index contributed by atoms with van der Waals surface area (Å²) in [5.74, 6) is 0.954. The van der Waals surface area contributed by atoms with Crippen molar-refractivity contribution in [2.24, 2.45) is 0 Å². The summed E-state index contributed by atoms with van der Waals surface area (Å²) in [5, 5.41) is 0. The van der Waals surface area contributed by atoms with Crippen LogP contribution in [0.1, 0.15) is 25.3 Å². The summed E-state index contributed by atoms with van der Waals surface area (Å²) in [7, 11) is 4.61. The van der Waals surface area contributed by atoms with E-state index in [1.165, 1.54) is 32.3 Å². The molecule has 0 N–H and O–H groups in total. The average molecular weight is 345 g/mol. The highest BCUT2D eigenvalue weighted by Gasteiger charge is 2.23. The Bertz CT molecular complexity index is 696. The fourth-order valence-corrected chi connectivity index (χ4v) is 2.66. The van der Waals surface area contributed by atoms with Gasteiger partial charge in [-0.3, -0.25) is 14.5 Å². The predicted molar refractivity (Wildman–Crippen MR) is 94.8 cm³/mol. The number of hydrogen-bond acceptors (Lipinski definition) is 5. The van der Waals surface area contributed by atoms with Crippen LogP contribution in [0, 0.1) is 0 Å². The minimum Gasteiger partial charge on any atom is -0.493 e. The van der Waals surface area contributed by atoms with Crippen molar-refractivity contribution >= 4 is 17.9 Å². The van der Waals surface area contributed by atoms with Crippen molar-refractivity contribution < 1.29 is 23.8 Å². The standard InChI is InChI=1S/C19H23NO5/c1-5-14(19(22)20-9-7-6-8-17(20)21)10-13-11-15(23-2)18(25-4)16(12-13)24-3/h6,8,10-12H,5,7,9H2,1-4H3/b14-10+. The highest BCUT2D eigenvalue weighted by atomic mass is 16.5. The van der Waals surface area contributed by atoms with Gasteiger partial charge in [0.15, 0.2) is 11.5 Å². The molecule has 0 atom stereocenters. The zero-order valence-electron chi connectivity index (χ0n) is 15.0. The van der Waals surface area contributed by atoms with Crippen LogP contribution in [0.4, 0.5) is 0 Å². The number of imide groups is 1. The quantitative estimate of drug-likeness (QED) is 0.742. The minimum atomic E-state index is -0.277. The second-order valence-corrected chi connectivity index (χ2v) is 5.47. The monoisotopic (exact) mass is 345 g/mol. The summed E-state index contributed by atoms with van der Waals surface area (Å²) in [6.45, 7) is 2.28. The van der Waals surface area contributed by atoms with Crippen molar-refractivity contribution in [3.63, 3.8) is 0 Å². The maximum atomic E-state index is 12.7. The van der Waals surface area contributed by atoms with Crippen LogP contribution in [-0.4, -0.2) is 44.6 Å². The summed E-state index contributed by atoms with van der Waals surface area (Å²) in [4.78, 5) is 25.9. The van der Waals surface area contributed by atoms with Crippen LogP contribution in [0.25, 0.3) is 6.08 Å². The molecule has 6 nitrogen and oxygen atoms in total. The fourth-order valence-electron chi connectivity index (χ4n) is 2.66. The largest absolute Gasteiger partial charge is 0.493 e. The SMILES string of the molecule is CC/C(=C\c1cc(OC)c(OC)c(OC)c1)C(=O)N1CCC=CC1=O. The van der Waals surface area contributed by atoms with E-state index in [4.69, 9.17) is 14.2 Å². The Labute approximate surface area is 147 Å². The van der Waals surface area contributed by atoms with Crippen LogP contribution in [0.3, 0.4) is 0 Å². The van der Waals surface area contributed by atoms with E-state index in [0.29, 0.717) is 42.2 Å². The van der Waals surface area contributed by atoms with E-state index in [2.05, 4.69) is 0 Å². The molecule has 0 radical (unpaired) electrons. The fraction of sp³-hybridized carbons (Fsp3) is 0.368. The van der Waals surface area contributed by atoms with E-state index in [-0.39, 0.29) is 11.8 Å². The zero-order valence-corrected chi connectivity index (χ0v) is 15.0. The molecule has 0 unspecified atom stereocenters. The molecular formula is C19H23NO5. The Hall–Kier alpha value is -2.76. The van der Waals surface area contributed by atoms with E-state index in [9.17, 15) is 9.59 Å². The third-order valence-corrected chi connectivity index (χ3v) is 3.97. The molecule has 0 aromatic heterocycles. The van der Waals surface area contributed by atoms with Crippen LogP contribution < -0.4 is 14.2 Å². The van der Waals surface area contributed by atoms with E-state index in [0.717, 1.165) is 5.56 Å². The molecule has 0 bridgehead atoms. The third-order valence-electron chi connectivity index (χ3n) is 3.97. The second-order valence-electron chi connectivity index (χ2n) is 5.47. The molecule has 1 aromatic rings. The first-order valence-electron chi connectivity index (χ1n) is 8.08. The van der Waals surface area contributed by atoms with Gasteiger partial charge in [-0.05, 0) is 42.7 Å². The van der Waals surface area contributed by atoms with Gasteiger partial charge in [-0.2, -0.15) is 0 Å². The van der Waals surface area contributed by atoms with Crippen molar-refractivity contribution in [2.75, 3.05) is 27.9 Å². The summed E-state index contributed by atoms with van der Waals surface area (Å²) in [5.41, 5.74) is 1.28. The van der Waals surface area contributed by atoms with Crippen LogP contribution in [0.15, 0.2) is 29.9 Å². The summed E-state index contributed by atoms with van der Waals surface area (Å²) in [6.07, 6.45) is 6.15. The third kappa shape index (κ3) is 4.02. The molecular weight excluding hydrogens is 322 g/mol. The van der Waals surface area contributed by atoms with Crippen LogP contribution >= 0.6 is 0 Å². The van der Waals surface area contributed by atoms with Crippen molar-refractivity contribution in [1.82, 2.24) is 4.90 Å². The van der Waals surface area contributed by atoms with Gasteiger partial charge in [-0.15, -0.1) is 0 Å². The number of carbonyl (C=O) groups excluding carboxylic acids is 2. The maximum Gasteiger partial charge on any atom is 0.256 e. The molecule has 0 saturated carbocycles. The van der Waals surface area contributed by atoms with Crippen molar-refractivity contribution in [3.8, 4) is 17.2 Å². The lowest BCUT2D eigenvalue weighted by Crippen LogP contribution is -2.39. The highest BCUT2D eigenvalue weighted by molar-refractivity contribution is 6.09. The van der Waals surface area contributed by atoms with Gasteiger partial charge in [0.05, 0.1) is 21.3 Å². The van der Waals surface area contributed by atoms with E-state index in [1.807, 2.05) is 6.92 Å². The summed E-state index contributed by atoms with van der Waals surface area (Å²) in [6, 6.07) is 3.53. The molecule has 134 valence electrons. The summed E-state index contributed by atoms with van der Waals surface area (Å²) >= 11 is 0. The van der Waals surface area contributed by atoms with Gasteiger partial charge in [0, 0.05) is 12.1 Å². The Morgan fingerprint density at radius 2 is 1.80 bits per heavy atom. The summed E-state index contributed by atoms with van der Waals surface area (Å²) < 4.78 is 16.0. The minimum absolute atomic E-state index is 0.273. The molecule has 0 saturated heterocycles. The zero-order chi connectivity index (χ0) is 18.4. The first kappa shape index (κ1) is 18.6. The van der Waals surface area contributed by atoms with E-state index >= 15 is 0 Å². The molecule has 1 aliphatic heterocycles. The van der Waals surface area contributed by atoms with E-state index in [1.54, 1.807) is 24.3 Å². The smallest absolute Gasteiger partial charge is 0.256 e. The molecule has 0 fully saturated rings. The van der Waals surface area contributed by atoms with E-state index < -0.39 is 0 Å². The number of rotatable bonds is 6. The number of carbonyl (C=O) groups is 2. The molecule has 1 heterocycles. The molecule has 0 aliphatic carbocycles. The van der Waals surface area contributed by atoms with Crippen LogP contribution in [0.5, 0.6) is 17.2 Å². The lowest BCUT2D eigenvalue weighted by atomic mass is 10.1. The molecule has 0 spiro atoms. The Morgan fingerprint density at radius 3 is 2.28 bits per heavy atom. The lowest BCUT2D eigenvalue weighted by molar-refractivity contribution is -0.139. The van der Waals surface area contributed by atoms with Crippen LogP contribution in [0.2, 0.25) is 0 Å². The number of ether oxygens (including phenoxy) is 3. The van der Waals surface area contributed by atoms with Gasteiger partial charge in [-0.25, -0.2) is 0 Å². The Balaban J connectivity index is 2.40. The van der Waals surface area contributed by atoms with Gasteiger partial charge in [0.25, 0.3) is 11.8 Å². The molecule has 25 heavy (non-hydrogen) atoms. The molecule has 1 aromatic carbocycles. The topological polar surface area (TPSA) is 65.1 Å². The van der Waals surface area contributed by atoms with Crippen molar-refractivity contribution in [1.29, 1.82) is 0 Å². The number of hydrogen-bond donors (Lipinski definition) is 0. The molecule has 2 rings (SSSR count). The van der Waals surface area contributed by atoms with Crippen molar-refractivity contribution in [3.05, 3.63) is 35.4 Å². The number of amides is 2. The number of nitrogens with zero attached hydrogens (tertiary/aromatic N) is 1. The number of methoxy groups -OCH3 is 3. The highest BCUT2D eigenvalue weighted by Crippen LogP contribution is 2.38. The maximum absolute atomic E-state index is 12.7. The molecule has 2 amide bonds. The van der Waals surface area contributed by atoms with Gasteiger partial charge in [0.1, 0.15) is 0 Å². The van der Waals surface area contributed by atoms with Gasteiger partial charge in [0.2, 0.25) is 5.75 Å². The Kier molecular flexibility index (Phi) is 6.22. The second kappa shape index (κ2) is 8.37. The number of benzene rings is 1. The molecule has 1 aliphatic rings. The molecule has 6 heteroatoms. The first-order valence-corrected chi connectivity index (χ1v) is 8.08. The normalized spacial score (nSPS) is 14.5.